The molecule has 1 amide bonds. The molecule has 0 spiro atoms. The van der Waals surface area contributed by atoms with Crippen molar-refractivity contribution in [3.63, 3.8) is 0 Å². The Hall–Kier alpha value is -2.69. The van der Waals surface area contributed by atoms with E-state index in [-0.39, 0.29) is 11.7 Å². The number of rotatable bonds is 6. The van der Waals surface area contributed by atoms with Crippen molar-refractivity contribution in [3.8, 4) is 5.75 Å². The number of alkyl halides is 2. The Morgan fingerprint density at radius 2 is 1.77 bits per heavy atom. The molecule has 0 aliphatic rings. The molecule has 2 aromatic rings. The highest BCUT2D eigenvalue weighted by molar-refractivity contribution is 5.92. The highest BCUT2D eigenvalue weighted by Crippen LogP contribution is 2.21. The second kappa shape index (κ2) is 7.93. The van der Waals surface area contributed by atoms with Crippen LogP contribution in [0.5, 0.6) is 5.75 Å². The molecule has 2 rings (SSSR count). The summed E-state index contributed by atoms with van der Waals surface area (Å²) in [6, 6.07) is 15.7. The highest BCUT2D eigenvalue weighted by Gasteiger charge is 2.07. The Morgan fingerprint density at radius 1 is 1.09 bits per heavy atom. The number of carbonyl (C=O) groups is 1. The van der Waals surface area contributed by atoms with E-state index in [2.05, 4.69) is 10.1 Å². The quantitative estimate of drug-likeness (QED) is 0.828. The Morgan fingerprint density at radius 3 is 2.50 bits per heavy atom. The van der Waals surface area contributed by atoms with Crippen molar-refractivity contribution in [2.45, 2.75) is 13.2 Å². The zero-order chi connectivity index (χ0) is 15.8. The predicted molar refractivity (Wildman–Crippen MR) is 80.4 cm³/mol. The van der Waals surface area contributed by atoms with E-state index in [1.807, 2.05) is 30.3 Å². The molecular formula is C17H15F2NO2. The van der Waals surface area contributed by atoms with Gasteiger partial charge in [0.25, 0.3) is 0 Å². The third-order valence-corrected chi connectivity index (χ3v) is 2.86. The van der Waals surface area contributed by atoms with E-state index in [0.717, 1.165) is 5.56 Å². The summed E-state index contributed by atoms with van der Waals surface area (Å²) in [5.41, 5.74) is 1.39. The van der Waals surface area contributed by atoms with Crippen molar-refractivity contribution >= 4 is 12.0 Å². The molecule has 0 radical (unpaired) electrons. The van der Waals surface area contributed by atoms with Gasteiger partial charge in [-0.05, 0) is 17.7 Å². The molecule has 0 aliphatic carbocycles. The minimum atomic E-state index is -2.90. The first-order valence-electron chi connectivity index (χ1n) is 6.69. The summed E-state index contributed by atoms with van der Waals surface area (Å²) in [4.78, 5) is 11.7. The molecule has 0 bridgehead atoms. The van der Waals surface area contributed by atoms with Gasteiger partial charge in [-0.1, -0.05) is 48.5 Å². The van der Waals surface area contributed by atoms with E-state index in [4.69, 9.17) is 0 Å². The summed E-state index contributed by atoms with van der Waals surface area (Å²) in [7, 11) is 0. The topological polar surface area (TPSA) is 38.3 Å². The van der Waals surface area contributed by atoms with Gasteiger partial charge in [0, 0.05) is 18.2 Å². The van der Waals surface area contributed by atoms with Crippen LogP contribution in [0.4, 0.5) is 8.78 Å². The first-order chi connectivity index (χ1) is 10.6. The smallest absolute Gasteiger partial charge is 0.387 e. The monoisotopic (exact) mass is 303 g/mol. The fourth-order valence-corrected chi connectivity index (χ4v) is 1.83. The Balaban J connectivity index is 1.95. The van der Waals surface area contributed by atoms with Gasteiger partial charge in [0.15, 0.2) is 0 Å². The van der Waals surface area contributed by atoms with E-state index in [0.29, 0.717) is 12.1 Å². The average Bonchev–Trinajstić information content (AvgIpc) is 2.52. The second-order valence-corrected chi connectivity index (χ2v) is 4.45. The van der Waals surface area contributed by atoms with Gasteiger partial charge in [0.2, 0.25) is 5.91 Å². The number of benzene rings is 2. The van der Waals surface area contributed by atoms with E-state index >= 15 is 0 Å². The maximum atomic E-state index is 12.3. The van der Waals surface area contributed by atoms with E-state index < -0.39 is 6.61 Å². The molecule has 22 heavy (non-hydrogen) atoms. The maximum absolute atomic E-state index is 12.3. The number of nitrogens with one attached hydrogen (secondary N) is 1. The highest BCUT2D eigenvalue weighted by atomic mass is 19.3. The average molecular weight is 303 g/mol. The summed E-state index contributed by atoms with van der Waals surface area (Å²) < 4.78 is 29.0. The summed E-state index contributed by atoms with van der Waals surface area (Å²) in [6.07, 6.45) is 2.73. The van der Waals surface area contributed by atoms with Gasteiger partial charge < -0.3 is 10.1 Å². The molecule has 1 N–H and O–H groups in total. The van der Waals surface area contributed by atoms with Gasteiger partial charge in [0.05, 0.1) is 0 Å². The van der Waals surface area contributed by atoms with Gasteiger partial charge >= 0.3 is 6.61 Å². The number of halogens is 2. The molecule has 0 heterocycles. The van der Waals surface area contributed by atoms with Gasteiger partial charge in [-0.3, -0.25) is 4.79 Å². The lowest BCUT2D eigenvalue weighted by Gasteiger charge is -2.07. The Bertz CT molecular complexity index is 642. The van der Waals surface area contributed by atoms with Gasteiger partial charge in [-0.15, -0.1) is 0 Å². The van der Waals surface area contributed by atoms with Crippen LogP contribution in [-0.4, -0.2) is 12.5 Å². The molecule has 0 aliphatic heterocycles. The molecule has 5 heteroatoms. The maximum Gasteiger partial charge on any atom is 0.387 e. The van der Waals surface area contributed by atoms with E-state index in [1.165, 1.54) is 18.2 Å². The lowest BCUT2D eigenvalue weighted by Crippen LogP contribution is -2.20. The van der Waals surface area contributed by atoms with Crippen LogP contribution in [0.2, 0.25) is 0 Å². The molecule has 0 fully saturated rings. The summed E-state index contributed by atoms with van der Waals surface area (Å²) >= 11 is 0. The predicted octanol–water partition coefficient (Wildman–Crippen LogP) is 3.62. The number of ether oxygens (including phenoxy) is 1. The SMILES string of the molecule is O=C(/C=C/c1ccccc1OC(F)F)NCc1ccccc1. The Kier molecular flexibility index (Phi) is 5.65. The van der Waals surface area contributed by atoms with Crippen LogP contribution in [0, 0.1) is 0 Å². The Labute approximate surface area is 127 Å². The second-order valence-electron chi connectivity index (χ2n) is 4.45. The van der Waals surface area contributed by atoms with Crippen molar-refractivity contribution in [3.05, 3.63) is 71.8 Å². The number of amides is 1. The van der Waals surface area contributed by atoms with Crippen LogP contribution in [0.25, 0.3) is 6.08 Å². The van der Waals surface area contributed by atoms with Gasteiger partial charge in [-0.25, -0.2) is 0 Å². The van der Waals surface area contributed by atoms with Crippen molar-refractivity contribution in [1.29, 1.82) is 0 Å². The normalized spacial score (nSPS) is 10.9. The molecule has 0 aromatic heterocycles. The molecule has 2 aromatic carbocycles. The van der Waals surface area contributed by atoms with Crippen LogP contribution in [0.1, 0.15) is 11.1 Å². The minimum absolute atomic E-state index is 0.0320. The molecule has 0 unspecified atom stereocenters. The fourth-order valence-electron chi connectivity index (χ4n) is 1.83. The van der Waals surface area contributed by atoms with Crippen LogP contribution in [-0.2, 0) is 11.3 Å². The van der Waals surface area contributed by atoms with Crippen LogP contribution >= 0.6 is 0 Å². The lowest BCUT2D eigenvalue weighted by molar-refractivity contribution is -0.116. The van der Waals surface area contributed by atoms with E-state index in [9.17, 15) is 13.6 Å². The third kappa shape index (κ3) is 5.01. The third-order valence-electron chi connectivity index (χ3n) is 2.86. The summed E-state index contributed by atoms with van der Waals surface area (Å²) in [6.45, 7) is -2.50. The summed E-state index contributed by atoms with van der Waals surface area (Å²) in [5.74, 6) is -0.277. The van der Waals surface area contributed by atoms with Crippen LogP contribution in [0.15, 0.2) is 60.7 Å². The van der Waals surface area contributed by atoms with Crippen LogP contribution < -0.4 is 10.1 Å². The van der Waals surface area contributed by atoms with Crippen molar-refractivity contribution in [2.75, 3.05) is 0 Å². The van der Waals surface area contributed by atoms with Crippen molar-refractivity contribution < 1.29 is 18.3 Å². The summed E-state index contributed by atoms with van der Waals surface area (Å²) in [5, 5.41) is 2.71. The standard InChI is InChI=1S/C17H15F2NO2/c18-17(19)22-15-9-5-4-8-14(15)10-11-16(21)20-12-13-6-2-1-3-7-13/h1-11,17H,12H2,(H,20,21)/b11-10+. The van der Waals surface area contributed by atoms with Gasteiger partial charge in [-0.2, -0.15) is 8.78 Å². The number of hydrogen-bond acceptors (Lipinski definition) is 2. The first kappa shape index (κ1) is 15.7. The zero-order valence-corrected chi connectivity index (χ0v) is 11.7. The number of carbonyl (C=O) groups excluding carboxylic acids is 1. The van der Waals surface area contributed by atoms with Crippen LogP contribution in [0.3, 0.4) is 0 Å². The number of hydrogen-bond donors (Lipinski definition) is 1. The lowest BCUT2D eigenvalue weighted by atomic mass is 10.2. The van der Waals surface area contributed by atoms with E-state index in [1.54, 1.807) is 18.2 Å². The molecule has 0 atom stereocenters. The molecule has 0 saturated carbocycles. The number of para-hydroxylation sites is 1. The molecule has 114 valence electrons. The molecular weight excluding hydrogens is 288 g/mol. The molecule has 0 saturated heterocycles. The van der Waals surface area contributed by atoms with Crippen molar-refractivity contribution in [1.82, 2.24) is 5.32 Å². The fraction of sp³-hybridized carbons (Fsp3) is 0.118. The van der Waals surface area contributed by atoms with Crippen molar-refractivity contribution in [2.24, 2.45) is 0 Å². The first-order valence-corrected chi connectivity index (χ1v) is 6.69. The largest absolute Gasteiger partial charge is 0.434 e. The zero-order valence-electron chi connectivity index (χ0n) is 11.7. The van der Waals surface area contributed by atoms with Gasteiger partial charge in [0.1, 0.15) is 5.75 Å². The minimum Gasteiger partial charge on any atom is -0.434 e. The molecule has 3 nitrogen and oxygen atoms in total.